The molecule has 0 radical (unpaired) electrons. The molecule has 2 rings (SSSR count). The van der Waals surface area contributed by atoms with E-state index in [1.165, 1.54) is 19.1 Å². The van der Waals surface area contributed by atoms with Gasteiger partial charge in [0.2, 0.25) is 0 Å². The molecule has 0 bridgehead atoms. The average Bonchev–Trinajstić information content (AvgIpc) is 2.60. The molecule has 6 nitrogen and oxygen atoms in total. The monoisotopic (exact) mass is 327 g/mol. The molecule has 124 valence electrons. The van der Waals surface area contributed by atoms with Crippen molar-refractivity contribution in [3.05, 3.63) is 65.2 Å². The molecule has 24 heavy (non-hydrogen) atoms. The van der Waals surface area contributed by atoms with Gasteiger partial charge in [-0.05, 0) is 36.8 Å². The molecule has 0 aliphatic rings. The third kappa shape index (κ3) is 4.50. The summed E-state index contributed by atoms with van der Waals surface area (Å²) in [5.74, 6) is -1.36. The van der Waals surface area contributed by atoms with Gasteiger partial charge in [0.25, 0.3) is 5.91 Å². The second-order valence-corrected chi connectivity index (χ2v) is 5.08. The fourth-order valence-electron chi connectivity index (χ4n) is 2.05. The number of rotatable bonds is 6. The second kappa shape index (κ2) is 8.03. The Kier molecular flexibility index (Phi) is 5.81. The largest absolute Gasteiger partial charge is 0.452 e. The maximum atomic E-state index is 11.9. The number of Topliss-reactive ketones (excluding diaryl/α,β-unsaturated/α-hetero) is 1. The van der Waals surface area contributed by atoms with Crippen LogP contribution in [-0.2, 0) is 16.1 Å². The van der Waals surface area contributed by atoms with Gasteiger partial charge >= 0.3 is 5.97 Å². The van der Waals surface area contributed by atoms with Crippen molar-refractivity contribution in [1.29, 1.82) is 0 Å². The first-order valence-electron chi connectivity index (χ1n) is 7.28. The molecule has 0 fully saturated rings. The first-order chi connectivity index (χ1) is 11.5. The molecule has 1 amide bonds. The van der Waals surface area contributed by atoms with Gasteiger partial charge in [-0.25, -0.2) is 4.79 Å². The van der Waals surface area contributed by atoms with Crippen molar-refractivity contribution in [2.75, 3.05) is 11.9 Å². The second-order valence-electron chi connectivity index (χ2n) is 5.08. The predicted octanol–water partition coefficient (Wildman–Crippen LogP) is 2.18. The van der Waals surface area contributed by atoms with Gasteiger partial charge in [-0.3, -0.25) is 9.59 Å². The molecule has 6 heteroatoms. The van der Waals surface area contributed by atoms with Gasteiger partial charge in [-0.1, -0.05) is 24.3 Å². The van der Waals surface area contributed by atoms with Crippen LogP contribution in [0.2, 0.25) is 0 Å². The number of ketones is 1. The number of nitrogens with one attached hydrogen (secondary N) is 1. The lowest BCUT2D eigenvalue weighted by Crippen LogP contribution is -2.22. The number of aliphatic hydroxyl groups excluding tert-OH is 1. The Morgan fingerprint density at radius 1 is 1.04 bits per heavy atom. The zero-order valence-electron chi connectivity index (χ0n) is 13.1. The molecule has 0 atom stereocenters. The Bertz CT molecular complexity index is 752. The Hall–Kier alpha value is -2.99. The number of carbonyl (C=O) groups excluding carboxylic acids is 3. The van der Waals surface area contributed by atoms with Crippen LogP contribution in [0.5, 0.6) is 0 Å². The van der Waals surface area contributed by atoms with Crippen molar-refractivity contribution in [3.63, 3.8) is 0 Å². The first kappa shape index (κ1) is 17.4. The number of hydrogen-bond donors (Lipinski definition) is 2. The van der Waals surface area contributed by atoms with Crippen LogP contribution in [0.15, 0.2) is 48.5 Å². The smallest absolute Gasteiger partial charge is 0.338 e. The van der Waals surface area contributed by atoms with Crippen molar-refractivity contribution in [1.82, 2.24) is 0 Å². The van der Waals surface area contributed by atoms with E-state index >= 15 is 0 Å². The lowest BCUT2D eigenvalue weighted by molar-refractivity contribution is -0.119. The number of ether oxygens (including phenoxy) is 1. The Balaban J connectivity index is 1.93. The lowest BCUT2D eigenvalue weighted by atomic mass is 10.1. The third-order valence-electron chi connectivity index (χ3n) is 3.29. The zero-order valence-corrected chi connectivity index (χ0v) is 13.1. The Morgan fingerprint density at radius 3 is 2.33 bits per heavy atom. The van der Waals surface area contributed by atoms with Crippen LogP contribution in [0.3, 0.4) is 0 Å². The normalized spacial score (nSPS) is 10.1. The van der Waals surface area contributed by atoms with E-state index < -0.39 is 18.5 Å². The minimum atomic E-state index is -0.644. The van der Waals surface area contributed by atoms with Crippen LogP contribution in [0.1, 0.15) is 33.2 Å². The SMILES string of the molecule is CC(=O)c1ccccc1NC(=O)COC(=O)c1ccc(CO)cc1. The Morgan fingerprint density at radius 2 is 1.71 bits per heavy atom. The predicted molar refractivity (Wildman–Crippen MR) is 87.7 cm³/mol. The van der Waals surface area contributed by atoms with Crippen LogP contribution in [-0.4, -0.2) is 29.4 Å². The van der Waals surface area contributed by atoms with Crippen molar-refractivity contribution in [2.45, 2.75) is 13.5 Å². The molecule has 0 aliphatic carbocycles. The lowest BCUT2D eigenvalue weighted by Gasteiger charge is -2.09. The molecule has 0 heterocycles. The zero-order chi connectivity index (χ0) is 17.5. The molecule has 2 N–H and O–H groups in total. The first-order valence-corrected chi connectivity index (χ1v) is 7.28. The molecule has 0 aliphatic heterocycles. The van der Waals surface area contributed by atoms with E-state index in [2.05, 4.69) is 5.32 Å². The van der Waals surface area contributed by atoms with E-state index in [0.717, 1.165) is 0 Å². The van der Waals surface area contributed by atoms with Crippen LogP contribution in [0, 0.1) is 0 Å². The van der Waals surface area contributed by atoms with Gasteiger partial charge in [0, 0.05) is 5.56 Å². The summed E-state index contributed by atoms with van der Waals surface area (Å²) in [6.07, 6.45) is 0. The van der Waals surface area contributed by atoms with Gasteiger partial charge in [0.15, 0.2) is 12.4 Å². The molecular weight excluding hydrogens is 310 g/mol. The maximum Gasteiger partial charge on any atom is 0.338 e. The van der Waals surface area contributed by atoms with E-state index in [-0.39, 0.29) is 18.0 Å². The van der Waals surface area contributed by atoms with Crippen LogP contribution in [0.4, 0.5) is 5.69 Å². The summed E-state index contributed by atoms with van der Waals surface area (Å²) in [7, 11) is 0. The van der Waals surface area contributed by atoms with E-state index in [9.17, 15) is 14.4 Å². The number of aliphatic hydroxyl groups is 1. The molecule has 2 aromatic rings. The van der Waals surface area contributed by atoms with Crippen molar-refractivity contribution >= 4 is 23.3 Å². The van der Waals surface area contributed by atoms with Gasteiger partial charge in [0.05, 0.1) is 17.9 Å². The molecule has 0 unspecified atom stereocenters. The average molecular weight is 327 g/mol. The van der Waals surface area contributed by atoms with E-state index in [1.54, 1.807) is 36.4 Å². The number of hydrogen-bond acceptors (Lipinski definition) is 5. The topological polar surface area (TPSA) is 92.7 Å². The number of carbonyl (C=O) groups is 3. The number of anilines is 1. The summed E-state index contributed by atoms with van der Waals surface area (Å²) >= 11 is 0. The van der Waals surface area contributed by atoms with Crippen molar-refractivity contribution in [2.24, 2.45) is 0 Å². The number of amides is 1. The number of para-hydroxylation sites is 1. The standard InChI is InChI=1S/C18H17NO5/c1-12(21)15-4-2-3-5-16(15)19-17(22)11-24-18(23)14-8-6-13(10-20)7-9-14/h2-9,20H,10-11H2,1H3,(H,19,22). The summed E-state index contributed by atoms with van der Waals surface area (Å²) in [6, 6.07) is 12.8. The van der Waals surface area contributed by atoms with Crippen LogP contribution >= 0.6 is 0 Å². The highest BCUT2D eigenvalue weighted by molar-refractivity contribution is 6.04. The summed E-state index contributed by atoms with van der Waals surface area (Å²) in [5.41, 5.74) is 1.71. The highest BCUT2D eigenvalue weighted by atomic mass is 16.5. The quantitative estimate of drug-likeness (QED) is 0.626. The maximum absolute atomic E-state index is 11.9. The van der Waals surface area contributed by atoms with Gasteiger partial charge in [-0.15, -0.1) is 0 Å². The minimum absolute atomic E-state index is 0.118. The molecular formula is C18H17NO5. The van der Waals surface area contributed by atoms with Crippen molar-refractivity contribution < 1.29 is 24.2 Å². The van der Waals surface area contributed by atoms with Crippen LogP contribution in [0.25, 0.3) is 0 Å². The minimum Gasteiger partial charge on any atom is -0.452 e. The van der Waals surface area contributed by atoms with Crippen LogP contribution < -0.4 is 5.32 Å². The molecule has 0 saturated carbocycles. The van der Waals surface area contributed by atoms with Gasteiger partial charge in [-0.2, -0.15) is 0 Å². The molecule has 0 aromatic heterocycles. The molecule has 0 spiro atoms. The highest BCUT2D eigenvalue weighted by Gasteiger charge is 2.13. The van der Waals surface area contributed by atoms with E-state index in [1.807, 2.05) is 0 Å². The summed E-state index contributed by atoms with van der Waals surface area (Å²) in [5, 5.41) is 11.5. The number of esters is 1. The van der Waals surface area contributed by atoms with Gasteiger partial charge < -0.3 is 15.2 Å². The summed E-state index contributed by atoms with van der Waals surface area (Å²) in [6.45, 7) is 0.821. The van der Waals surface area contributed by atoms with Gasteiger partial charge in [0.1, 0.15) is 0 Å². The molecule has 2 aromatic carbocycles. The van der Waals surface area contributed by atoms with Crippen molar-refractivity contribution in [3.8, 4) is 0 Å². The number of benzene rings is 2. The third-order valence-corrected chi connectivity index (χ3v) is 3.29. The van der Waals surface area contributed by atoms with E-state index in [4.69, 9.17) is 9.84 Å². The van der Waals surface area contributed by atoms with E-state index in [0.29, 0.717) is 16.8 Å². The summed E-state index contributed by atoms with van der Waals surface area (Å²) in [4.78, 5) is 35.2. The fraction of sp³-hybridized carbons (Fsp3) is 0.167. The Labute approximate surface area is 139 Å². The fourth-order valence-corrected chi connectivity index (χ4v) is 2.05. The molecule has 0 saturated heterocycles. The highest BCUT2D eigenvalue weighted by Crippen LogP contribution is 2.15. The summed E-state index contributed by atoms with van der Waals surface area (Å²) < 4.78 is 4.94.